The predicted molar refractivity (Wildman–Crippen MR) is 128 cm³/mol. The van der Waals surface area contributed by atoms with E-state index in [0.29, 0.717) is 17.5 Å². The molecular weight excluding hydrogens is 420 g/mol. The van der Waals surface area contributed by atoms with Gasteiger partial charge in [0, 0.05) is 18.3 Å². The van der Waals surface area contributed by atoms with E-state index in [-0.39, 0.29) is 16.6 Å². The van der Waals surface area contributed by atoms with Crippen LogP contribution in [0.4, 0.5) is 0 Å². The molecule has 0 atom stereocenters. The van der Waals surface area contributed by atoms with E-state index in [9.17, 15) is 13.5 Å². The van der Waals surface area contributed by atoms with Crippen LogP contribution in [0.3, 0.4) is 0 Å². The highest BCUT2D eigenvalue weighted by Gasteiger charge is 2.23. The van der Waals surface area contributed by atoms with Gasteiger partial charge in [0.25, 0.3) is 10.0 Å². The largest absolute Gasteiger partial charge is 0.508 e. The standard InChI is InChI=1S/C26H28N2O3S/c1-16(2)24-15-28(32(30,31)22-9-6-17(3)7-10-22)25-11-8-20(27-26(24)25)14-23-18(4)12-21(29)13-19(23)5/h6-13,15-16,29H,14H2,1-5H3. The first-order valence-corrected chi connectivity index (χ1v) is 12.1. The van der Waals surface area contributed by atoms with Gasteiger partial charge in [0.15, 0.2) is 0 Å². The second-order valence-electron chi connectivity index (χ2n) is 8.76. The Labute approximate surface area is 189 Å². The van der Waals surface area contributed by atoms with Crippen LogP contribution in [-0.2, 0) is 16.4 Å². The molecule has 32 heavy (non-hydrogen) atoms. The molecule has 0 fully saturated rings. The first kappa shape index (κ1) is 22.1. The Balaban J connectivity index is 1.84. The van der Waals surface area contributed by atoms with Crippen molar-refractivity contribution in [3.63, 3.8) is 0 Å². The minimum Gasteiger partial charge on any atom is -0.508 e. The molecule has 0 radical (unpaired) electrons. The summed E-state index contributed by atoms with van der Waals surface area (Å²) in [5.41, 5.74) is 7.20. The summed E-state index contributed by atoms with van der Waals surface area (Å²) < 4.78 is 28.2. The zero-order valence-electron chi connectivity index (χ0n) is 19.0. The van der Waals surface area contributed by atoms with Crippen molar-refractivity contribution in [2.24, 2.45) is 0 Å². The highest BCUT2D eigenvalue weighted by Crippen LogP contribution is 2.31. The van der Waals surface area contributed by atoms with Crippen molar-refractivity contribution in [1.29, 1.82) is 0 Å². The number of aromatic nitrogens is 2. The topological polar surface area (TPSA) is 72.2 Å². The van der Waals surface area contributed by atoms with E-state index >= 15 is 0 Å². The second kappa shape index (κ2) is 8.10. The molecule has 2 aromatic heterocycles. The summed E-state index contributed by atoms with van der Waals surface area (Å²) in [6.45, 7) is 9.97. The van der Waals surface area contributed by atoms with Gasteiger partial charge in [0.05, 0.1) is 15.9 Å². The Morgan fingerprint density at radius 3 is 2.19 bits per heavy atom. The zero-order chi connectivity index (χ0) is 23.2. The summed E-state index contributed by atoms with van der Waals surface area (Å²) in [4.78, 5) is 5.15. The van der Waals surface area contributed by atoms with E-state index in [1.54, 1.807) is 42.6 Å². The molecule has 1 N–H and O–H groups in total. The molecule has 0 unspecified atom stereocenters. The van der Waals surface area contributed by atoms with Crippen molar-refractivity contribution in [3.8, 4) is 5.75 Å². The SMILES string of the molecule is Cc1ccc(S(=O)(=O)n2cc(C(C)C)c3nc(Cc4c(C)cc(O)cc4C)ccc32)cc1. The third kappa shape index (κ3) is 3.91. The summed E-state index contributed by atoms with van der Waals surface area (Å²) in [6.07, 6.45) is 2.32. The van der Waals surface area contributed by atoms with Crippen molar-refractivity contribution in [2.45, 2.75) is 51.9 Å². The summed E-state index contributed by atoms with van der Waals surface area (Å²) >= 11 is 0. The summed E-state index contributed by atoms with van der Waals surface area (Å²) in [7, 11) is -3.74. The van der Waals surface area contributed by atoms with Crippen molar-refractivity contribution >= 4 is 21.1 Å². The molecule has 166 valence electrons. The van der Waals surface area contributed by atoms with Gasteiger partial charge in [-0.2, -0.15) is 0 Å². The number of pyridine rings is 1. The molecule has 2 aromatic carbocycles. The van der Waals surface area contributed by atoms with Crippen LogP contribution in [0.2, 0.25) is 0 Å². The number of fused-ring (bicyclic) bond motifs is 1. The highest BCUT2D eigenvalue weighted by atomic mass is 32.2. The second-order valence-corrected chi connectivity index (χ2v) is 10.6. The molecule has 0 bridgehead atoms. The number of aromatic hydroxyl groups is 1. The van der Waals surface area contributed by atoms with Crippen molar-refractivity contribution in [2.75, 3.05) is 0 Å². The zero-order valence-corrected chi connectivity index (χ0v) is 19.9. The quantitative estimate of drug-likeness (QED) is 0.430. The van der Waals surface area contributed by atoms with E-state index < -0.39 is 10.0 Å². The number of nitrogens with zero attached hydrogens (tertiary/aromatic N) is 2. The number of hydrogen-bond acceptors (Lipinski definition) is 4. The van der Waals surface area contributed by atoms with Crippen molar-refractivity contribution in [1.82, 2.24) is 8.96 Å². The van der Waals surface area contributed by atoms with Crippen LogP contribution in [0, 0.1) is 20.8 Å². The van der Waals surface area contributed by atoms with Gasteiger partial charge >= 0.3 is 0 Å². The van der Waals surface area contributed by atoms with Crippen LogP contribution in [0.25, 0.3) is 11.0 Å². The van der Waals surface area contributed by atoms with Gasteiger partial charge in [0.1, 0.15) is 5.75 Å². The monoisotopic (exact) mass is 448 g/mol. The fraction of sp³-hybridized carbons (Fsp3) is 0.269. The van der Waals surface area contributed by atoms with Gasteiger partial charge < -0.3 is 5.11 Å². The number of aryl methyl sites for hydroxylation is 3. The smallest absolute Gasteiger partial charge is 0.268 e. The highest BCUT2D eigenvalue weighted by molar-refractivity contribution is 7.90. The lowest BCUT2D eigenvalue weighted by Gasteiger charge is -2.11. The number of phenolic OH excluding ortho intramolecular Hbond substituents is 1. The fourth-order valence-corrected chi connectivity index (χ4v) is 5.48. The van der Waals surface area contributed by atoms with E-state index in [2.05, 4.69) is 0 Å². The molecule has 4 aromatic rings. The Kier molecular flexibility index (Phi) is 5.59. The normalized spacial score (nSPS) is 12.1. The third-order valence-electron chi connectivity index (χ3n) is 5.94. The first-order chi connectivity index (χ1) is 15.1. The van der Waals surface area contributed by atoms with E-state index in [0.717, 1.165) is 33.5 Å². The Bertz CT molecular complexity index is 1390. The number of hydrogen-bond donors (Lipinski definition) is 1. The van der Waals surface area contributed by atoms with Gasteiger partial charge in [-0.3, -0.25) is 4.98 Å². The maximum Gasteiger partial charge on any atom is 0.268 e. The fourth-order valence-electron chi connectivity index (χ4n) is 4.11. The Morgan fingerprint density at radius 1 is 0.969 bits per heavy atom. The minimum atomic E-state index is -3.74. The first-order valence-electron chi connectivity index (χ1n) is 10.7. The van der Waals surface area contributed by atoms with Crippen molar-refractivity contribution < 1.29 is 13.5 Å². The molecule has 4 rings (SSSR count). The lowest BCUT2D eigenvalue weighted by molar-refractivity contribution is 0.474. The lowest BCUT2D eigenvalue weighted by atomic mass is 9.97. The minimum absolute atomic E-state index is 0.117. The molecule has 5 nitrogen and oxygen atoms in total. The van der Waals surface area contributed by atoms with Crippen LogP contribution in [0.1, 0.15) is 53.3 Å². The van der Waals surface area contributed by atoms with E-state index in [4.69, 9.17) is 4.98 Å². The Morgan fingerprint density at radius 2 is 1.59 bits per heavy atom. The van der Waals surface area contributed by atoms with E-state index in [1.807, 2.05) is 46.8 Å². The molecular formula is C26H28N2O3S. The predicted octanol–water partition coefficient (Wildman–Crippen LogP) is 5.62. The molecule has 0 aliphatic rings. The lowest BCUT2D eigenvalue weighted by Crippen LogP contribution is -2.12. The van der Waals surface area contributed by atoms with Gasteiger partial charge in [0.2, 0.25) is 0 Å². The number of benzene rings is 2. The summed E-state index contributed by atoms with van der Waals surface area (Å²) in [5, 5.41) is 9.84. The van der Waals surface area contributed by atoms with Crippen molar-refractivity contribution in [3.05, 3.63) is 88.2 Å². The number of phenols is 1. The molecule has 0 aliphatic carbocycles. The van der Waals surface area contributed by atoms with Crippen LogP contribution in [0.5, 0.6) is 5.75 Å². The van der Waals surface area contributed by atoms with Crippen LogP contribution in [-0.4, -0.2) is 22.5 Å². The van der Waals surface area contributed by atoms with Gasteiger partial charge in [-0.1, -0.05) is 31.5 Å². The molecule has 6 heteroatoms. The third-order valence-corrected chi connectivity index (χ3v) is 7.63. The van der Waals surface area contributed by atoms with Gasteiger partial charge in [-0.15, -0.1) is 0 Å². The molecule has 0 aliphatic heterocycles. The maximum atomic E-state index is 13.4. The molecule has 0 saturated heterocycles. The average molecular weight is 449 g/mol. The van der Waals surface area contributed by atoms with Crippen LogP contribution >= 0.6 is 0 Å². The van der Waals surface area contributed by atoms with Gasteiger partial charge in [-0.25, -0.2) is 12.4 Å². The average Bonchev–Trinajstić information content (AvgIpc) is 3.11. The molecule has 0 spiro atoms. The number of rotatable bonds is 5. The summed E-state index contributed by atoms with van der Waals surface area (Å²) in [6, 6.07) is 14.1. The Hall–Kier alpha value is -3.12. The van der Waals surface area contributed by atoms with E-state index in [1.165, 1.54) is 3.97 Å². The molecule has 0 saturated carbocycles. The van der Waals surface area contributed by atoms with Gasteiger partial charge in [-0.05, 0) is 85.3 Å². The van der Waals surface area contributed by atoms with Crippen LogP contribution < -0.4 is 0 Å². The molecule has 0 amide bonds. The maximum absolute atomic E-state index is 13.4. The molecule has 2 heterocycles. The summed E-state index contributed by atoms with van der Waals surface area (Å²) in [5.74, 6) is 0.375. The van der Waals surface area contributed by atoms with Crippen LogP contribution in [0.15, 0.2) is 59.6 Å².